The van der Waals surface area contributed by atoms with Crippen molar-refractivity contribution in [2.24, 2.45) is 0 Å². The maximum Gasteiger partial charge on any atom is 0.115 e. The van der Waals surface area contributed by atoms with Crippen molar-refractivity contribution in [2.75, 3.05) is 13.1 Å². The summed E-state index contributed by atoms with van der Waals surface area (Å²) in [5, 5.41) is 9.33. The van der Waals surface area contributed by atoms with E-state index in [1.165, 1.54) is 24.0 Å². The Labute approximate surface area is 128 Å². The molecule has 0 spiro atoms. The summed E-state index contributed by atoms with van der Waals surface area (Å²) in [6.07, 6.45) is 3.49. The molecule has 0 atom stereocenters. The smallest absolute Gasteiger partial charge is 0.115 e. The van der Waals surface area contributed by atoms with E-state index in [0.29, 0.717) is 5.75 Å². The van der Waals surface area contributed by atoms with Gasteiger partial charge in [0.15, 0.2) is 0 Å². The Morgan fingerprint density at radius 2 is 1.57 bits per heavy atom. The normalized spacial score (nSPS) is 11.0. The lowest BCUT2D eigenvalue weighted by molar-refractivity contribution is 0.264. The molecule has 0 radical (unpaired) electrons. The fourth-order valence-corrected chi connectivity index (χ4v) is 2.44. The van der Waals surface area contributed by atoms with Gasteiger partial charge in [0.05, 0.1) is 0 Å². The Balaban J connectivity index is 1.91. The van der Waals surface area contributed by atoms with Crippen molar-refractivity contribution in [3.05, 3.63) is 65.7 Å². The maximum absolute atomic E-state index is 9.33. The van der Waals surface area contributed by atoms with Gasteiger partial charge < -0.3 is 5.11 Å². The van der Waals surface area contributed by atoms with Gasteiger partial charge in [-0.1, -0.05) is 55.8 Å². The third-order valence-electron chi connectivity index (χ3n) is 3.73. The minimum absolute atomic E-state index is 0.339. The molecule has 2 nitrogen and oxygen atoms in total. The second-order valence-corrected chi connectivity index (χ2v) is 5.53. The van der Waals surface area contributed by atoms with E-state index in [4.69, 9.17) is 0 Å². The van der Waals surface area contributed by atoms with Crippen LogP contribution in [0.3, 0.4) is 0 Å². The number of benzene rings is 2. The van der Waals surface area contributed by atoms with Gasteiger partial charge >= 0.3 is 0 Å². The van der Waals surface area contributed by atoms with Crippen LogP contribution in [-0.4, -0.2) is 23.1 Å². The zero-order valence-corrected chi connectivity index (χ0v) is 12.8. The van der Waals surface area contributed by atoms with Crippen LogP contribution in [0.1, 0.15) is 30.9 Å². The molecule has 2 heteroatoms. The molecule has 1 N–H and O–H groups in total. The Morgan fingerprint density at radius 3 is 2.24 bits per heavy atom. The van der Waals surface area contributed by atoms with Crippen molar-refractivity contribution in [1.29, 1.82) is 0 Å². The third-order valence-corrected chi connectivity index (χ3v) is 3.73. The van der Waals surface area contributed by atoms with E-state index < -0.39 is 0 Å². The van der Waals surface area contributed by atoms with Crippen molar-refractivity contribution in [2.45, 2.75) is 32.7 Å². The van der Waals surface area contributed by atoms with E-state index in [-0.39, 0.29) is 0 Å². The first-order valence-corrected chi connectivity index (χ1v) is 7.82. The summed E-state index contributed by atoms with van der Waals surface area (Å²) in [5.41, 5.74) is 2.65. The van der Waals surface area contributed by atoms with Crippen molar-refractivity contribution in [3.8, 4) is 5.75 Å². The highest BCUT2D eigenvalue weighted by atomic mass is 16.3. The first-order valence-electron chi connectivity index (χ1n) is 7.82. The van der Waals surface area contributed by atoms with E-state index >= 15 is 0 Å². The Bertz CT molecular complexity index is 507. The molecule has 2 aromatic carbocycles. The molecule has 0 aliphatic carbocycles. The van der Waals surface area contributed by atoms with Gasteiger partial charge in [0.2, 0.25) is 0 Å². The molecule has 0 unspecified atom stereocenters. The molecular weight excluding hydrogens is 258 g/mol. The molecule has 0 heterocycles. The SMILES string of the molecule is CCCCN(CCc1ccc(O)cc1)Cc1ccccc1. The predicted octanol–water partition coefficient (Wildman–Crippen LogP) is 4.24. The molecular formula is C19H25NO. The minimum Gasteiger partial charge on any atom is -0.508 e. The van der Waals surface area contributed by atoms with Crippen molar-refractivity contribution in [3.63, 3.8) is 0 Å². The van der Waals surface area contributed by atoms with Gasteiger partial charge in [-0.25, -0.2) is 0 Å². The highest BCUT2D eigenvalue weighted by molar-refractivity contribution is 5.26. The van der Waals surface area contributed by atoms with Gasteiger partial charge in [0.25, 0.3) is 0 Å². The summed E-state index contributed by atoms with van der Waals surface area (Å²) in [6, 6.07) is 18.2. The first kappa shape index (κ1) is 15.6. The molecule has 2 rings (SSSR count). The molecule has 21 heavy (non-hydrogen) atoms. The standard InChI is InChI=1S/C19H25NO/c1-2-3-14-20(16-18-7-5-4-6-8-18)15-13-17-9-11-19(21)12-10-17/h4-12,21H,2-3,13-16H2,1H3. The lowest BCUT2D eigenvalue weighted by Crippen LogP contribution is -2.26. The largest absolute Gasteiger partial charge is 0.508 e. The number of unbranched alkanes of at least 4 members (excludes halogenated alkanes) is 1. The van der Waals surface area contributed by atoms with Gasteiger partial charge in [-0.15, -0.1) is 0 Å². The highest BCUT2D eigenvalue weighted by Crippen LogP contribution is 2.12. The van der Waals surface area contributed by atoms with E-state index in [1.54, 1.807) is 12.1 Å². The van der Waals surface area contributed by atoms with Gasteiger partial charge in [0, 0.05) is 13.1 Å². The number of aromatic hydroxyl groups is 1. The lowest BCUT2D eigenvalue weighted by Gasteiger charge is -2.22. The number of rotatable bonds is 8. The van der Waals surface area contributed by atoms with Crippen LogP contribution in [0.25, 0.3) is 0 Å². The molecule has 0 fully saturated rings. The van der Waals surface area contributed by atoms with E-state index in [1.807, 2.05) is 12.1 Å². The van der Waals surface area contributed by atoms with Gasteiger partial charge in [0.1, 0.15) is 5.75 Å². The monoisotopic (exact) mass is 283 g/mol. The number of phenols is 1. The summed E-state index contributed by atoms with van der Waals surface area (Å²) >= 11 is 0. The average molecular weight is 283 g/mol. The molecule has 0 amide bonds. The average Bonchev–Trinajstić information content (AvgIpc) is 2.52. The van der Waals surface area contributed by atoms with Gasteiger partial charge in [-0.2, -0.15) is 0 Å². The number of hydrogen-bond acceptors (Lipinski definition) is 2. The molecule has 112 valence electrons. The number of phenolic OH excluding ortho intramolecular Hbond substituents is 1. The van der Waals surface area contributed by atoms with Crippen LogP contribution in [-0.2, 0) is 13.0 Å². The Morgan fingerprint density at radius 1 is 0.857 bits per heavy atom. The topological polar surface area (TPSA) is 23.5 Å². The molecule has 2 aromatic rings. The van der Waals surface area contributed by atoms with Gasteiger partial charge in [-0.3, -0.25) is 4.90 Å². The molecule has 0 aliphatic heterocycles. The molecule has 0 bridgehead atoms. The Kier molecular flexibility index (Phi) is 6.29. The predicted molar refractivity (Wildman–Crippen MR) is 88.4 cm³/mol. The zero-order valence-electron chi connectivity index (χ0n) is 12.8. The quantitative estimate of drug-likeness (QED) is 0.783. The van der Waals surface area contributed by atoms with Gasteiger partial charge in [-0.05, 0) is 42.6 Å². The fourth-order valence-electron chi connectivity index (χ4n) is 2.44. The number of nitrogens with zero attached hydrogens (tertiary/aromatic N) is 1. The molecule has 0 aromatic heterocycles. The van der Waals surface area contributed by atoms with Crippen LogP contribution in [0, 0.1) is 0 Å². The van der Waals surface area contributed by atoms with Crippen molar-refractivity contribution >= 4 is 0 Å². The van der Waals surface area contributed by atoms with E-state index in [2.05, 4.69) is 42.2 Å². The fraction of sp³-hybridized carbons (Fsp3) is 0.368. The van der Waals surface area contributed by atoms with Crippen molar-refractivity contribution < 1.29 is 5.11 Å². The van der Waals surface area contributed by atoms with Crippen LogP contribution in [0.15, 0.2) is 54.6 Å². The van der Waals surface area contributed by atoms with Crippen LogP contribution >= 0.6 is 0 Å². The summed E-state index contributed by atoms with van der Waals surface area (Å²) < 4.78 is 0. The summed E-state index contributed by atoms with van der Waals surface area (Å²) in [5.74, 6) is 0.339. The summed E-state index contributed by atoms with van der Waals surface area (Å²) in [6.45, 7) is 5.45. The third kappa shape index (κ3) is 5.60. The van der Waals surface area contributed by atoms with Crippen LogP contribution in [0.5, 0.6) is 5.75 Å². The molecule has 0 aliphatic rings. The van der Waals surface area contributed by atoms with E-state index in [0.717, 1.165) is 26.1 Å². The van der Waals surface area contributed by atoms with Crippen molar-refractivity contribution in [1.82, 2.24) is 4.90 Å². The summed E-state index contributed by atoms with van der Waals surface area (Å²) in [7, 11) is 0. The summed E-state index contributed by atoms with van der Waals surface area (Å²) in [4.78, 5) is 2.52. The van der Waals surface area contributed by atoms with E-state index in [9.17, 15) is 5.11 Å². The highest BCUT2D eigenvalue weighted by Gasteiger charge is 2.06. The second kappa shape index (κ2) is 8.48. The first-order chi connectivity index (χ1) is 10.3. The zero-order chi connectivity index (χ0) is 14.9. The second-order valence-electron chi connectivity index (χ2n) is 5.53. The molecule has 0 saturated carbocycles. The van der Waals surface area contributed by atoms with Crippen LogP contribution < -0.4 is 0 Å². The van der Waals surface area contributed by atoms with Crippen LogP contribution in [0.2, 0.25) is 0 Å². The maximum atomic E-state index is 9.33. The number of hydrogen-bond donors (Lipinski definition) is 1. The Hall–Kier alpha value is -1.80. The lowest BCUT2D eigenvalue weighted by atomic mass is 10.1. The van der Waals surface area contributed by atoms with Crippen LogP contribution in [0.4, 0.5) is 0 Å². The minimum atomic E-state index is 0.339. The molecule has 0 saturated heterocycles.